The summed E-state index contributed by atoms with van der Waals surface area (Å²) in [6, 6.07) is 5.05. The molecule has 2 rings (SSSR count). The van der Waals surface area contributed by atoms with Crippen LogP contribution in [0.25, 0.3) is 0 Å². The van der Waals surface area contributed by atoms with Crippen molar-refractivity contribution in [1.82, 2.24) is 10.6 Å². The van der Waals surface area contributed by atoms with E-state index < -0.39 is 23.4 Å². The van der Waals surface area contributed by atoms with Crippen molar-refractivity contribution in [2.75, 3.05) is 13.2 Å². The van der Waals surface area contributed by atoms with Crippen molar-refractivity contribution < 1.29 is 23.1 Å². The Morgan fingerprint density at radius 1 is 1.23 bits per heavy atom. The van der Waals surface area contributed by atoms with Crippen molar-refractivity contribution in [2.45, 2.75) is 6.42 Å². The number of hydrogen-bond acceptors (Lipinski definition) is 4. The molecule has 0 fully saturated rings. The molecule has 0 saturated heterocycles. The first-order chi connectivity index (χ1) is 12.4. The molecule has 0 aliphatic heterocycles. The maximum atomic E-state index is 13.3. The van der Waals surface area contributed by atoms with Gasteiger partial charge in [-0.15, -0.1) is 11.3 Å². The van der Waals surface area contributed by atoms with Crippen molar-refractivity contribution in [2.24, 2.45) is 0 Å². The van der Waals surface area contributed by atoms with Crippen LogP contribution in [0.3, 0.4) is 0 Å². The molecule has 0 aliphatic carbocycles. The summed E-state index contributed by atoms with van der Waals surface area (Å²) in [7, 11) is 0. The minimum absolute atomic E-state index is 0.00300. The van der Waals surface area contributed by atoms with Gasteiger partial charge < -0.3 is 15.4 Å². The van der Waals surface area contributed by atoms with Gasteiger partial charge in [-0.05, 0) is 23.6 Å². The lowest BCUT2D eigenvalue weighted by atomic mass is 10.3. The highest BCUT2D eigenvalue weighted by molar-refractivity contribution is 7.12. The summed E-state index contributed by atoms with van der Waals surface area (Å²) in [5.41, 5.74) is 0.354. The molecule has 0 aliphatic rings. The number of ether oxygens (including phenoxy) is 1. The zero-order valence-electron chi connectivity index (χ0n) is 13.5. The first-order valence-electron chi connectivity index (χ1n) is 7.43. The van der Waals surface area contributed by atoms with Crippen molar-refractivity contribution in [3.8, 4) is 5.75 Å². The van der Waals surface area contributed by atoms with Crippen LogP contribution < -0.4 is 15.4 Å². The Morgan fingerprint density at radius 2 is 2.00 bits per heavy atom. The van der Waals surface area contributed by atoms with E-state index in [2.05, 4.69) is 17.2 Å². The highest BCUT2D eigenvalue weighted by Gasteiger charge is 2.13. The molecule has 0 saturated carbocycles. The zero-order valence-corrected chi connectivity index (χ0v) is 15.1. The summed E-state index contributed by atoms with van der Waals surface area (Å²) in [6.45, 7) is 3.50. The first kappa shape index (κ1) is 19.9. The molecule has 0 radical (unpaired) electrons. The van der Waals surface area contributed by atoms with Gasteiger partial charge in [-0.2, -0.15) is 0 Å². The molecule has 26 heavy (non-hydrogen) atoms. The zero-order chi connectivity index (χ0) is 19.1. The Morgan fingerprint density at radius 3 is 2.65 bits per heavy atom. The van der Waals surface area contributed by atoms with Crippen molar-refractivity contribution in [3.63, 3.8) is 0 Å². The van der Waals surface area contributed by atoms with E-state index in [0.717, 1.165) is 17.4 Å². The summed E-state index contributed by atoms with van der Waals surface area (Å²) in [6.07, 6.45) is 0.264. The van der Waals surface area contributed by atoms with Crippen LogP contribution in [-0.2, 0) is 4.79 Å². The lowest BCUT2D eigenvalue weighted by Gasteiger charge is -2.10. The van der Waals surface area contributed by atoms with E-state index in [0.29, 0.717) is 5.70 Å². The quantitative estimate of drug-likeness (QED) is 0.712. The fourth-order valence-electron chi connectivity index (χ4n) is 1.87. The third kappa shape index (κ3) is 5.82. The average molecular weight is 401 g/mol. The van der Waals surface area contributed by atoms with E-state index in [9.17, 15) is 18.4 Å². The first-order valence-corrected chi connectivity index (χ1v) is 8.69. The lowest BCUT2D eigenvalue weighted by molar-refractivity contribution is -0.122. The van der Waals surface area contributed by atoms with Crippen molar-refractivity contribution in [3.05, 3.63) is 63.5 Å². The van der Waals surface area contributed by atoms with Gasteiger partial charge in [0.25, 0.3) is 11.8 Å². The SMILES string of the molecule is C=C(CCNC(=O)c1sccc1F)NC(=O)COc1ccc(Cl)c(F)c1. The Hall–Kier alpha value is -2.45. The van der Waals surface area contributed by atoms with Crippen molar-refractivity contribution in [1.29, 1.82) is 0 Å². The molecule has 1 aromatic carbocycles. The second-order valence-electron chi connectivity index (χ2n) is 5.12. The molecule has 9 heteroatoms. The highest BCUT2D eigenvalue weighted by Crippen LogP contribution is 2.20. The van der Waals surface area contributed by atoms with E-state index in [1.165, 1.54) is 23.6 Å². The maximum Gasteiger partial charge on any atom is 0.264 e. The highest BCUT2D eigenvalue weighted by atomic mass is 35.5. The van der Waals surface area contributed by atoms with E-state index in [1.54, 1.807) is 0 Å². The molecule has 2 N–H and O–H groups in total. The maximum absolute atomic E-state index is 13.3. The van der Waals surface area contributed by atoms with Gasteiger partial charge in [-0.25, -0.2) is 8.78 Å². The fourth-order valence-corrected chi connectivity index (χ4v) is 2.68. The van der Waals surface area contributed by atoms with Crippen LogP contribution in [0.5, 0.6) is 5.75 Å². The molecule has 0 unspecified atom stereocenters. The molecular formula is C17H15ClF2N2O3S. The predicted octanol–water partition coefficient (Wildman–Crippen LogP) is 3.51. The van der Waals surface area contributed by atoms with E-state index in [4.69, 9.17) is 16.3 Å². The Balaban J connectivity index is 1.68. The Kier molecular flexibility index (Phi) is 7.11. The van der Waals surface area contributed by atoms with Crippen LogP contribution in [0, 0.1) is 11.6 Å². The van der Waals surface area contributed by atoms with E-state index in [-0.39, 0.29) is 35.2 Å². The van der Waals surface area contributed by atoms with Crippen molar-refractivity contribution >= 4 is 34.8 Å². The molecule has 0 spiro atoms. The molecular weight excluding hydrogens is 386 g/mol. The summed E-state index contributed by atoms with van der Waals surface area (Å²) < 4.78 is 31.7. The van der Waals surface area contributed by atoms with Crippen LogP contribution in [0.1, 0.15) is 16.1 Å². The number of carbonyl (C=O) groups excluding carboxylic acids is 2. The third-order valence-electron chi connectivity index (χ3n) is 3.11. The topological polar surface area (TPSA) is 67.4 Å². The van der Waals surface area contributed by atoms with Crippen LogP contribution in [0.2, 0.25) is 5.02 Å². The van der Waals surface area contributed by atoms with Crippen LogP contribution >= 0.6 is 22.9 Å². The number of benzene rings is 1. The summed E-state index contributed by atoms with van der Waals surface area (Å²) in [5.74, 6) is -2.06. The number of halogens is 3. The number of thiophene rings is 1. The van der Waals surface area contributed by atoms with Gasteiger partial charge in [-0.3, -0.25) is 9.59 Å². The Labute approximate surface area is 157 Å². The van der Waals surface area contributed by atoms with Gasteiger partial charge in [0.15, 0.2) is 6.61 Å². The molecule has 1 heterocycles. The summed E-state index contributed by atoms with van der Waals surface area (Å²) >= 11 is 6.56. The molecule has 0 atom stereocenters. The van der Waals surface area contributed by atoms with Gasteiger partial charge in [0.1, 0.15) is 22.3 Å². The van der Waals surface area contributed by atoms with Crippen LogP contribution in [-0.4, -0.2) is 25.0 Å². The van der Waals surface area contributed by atoms with Gasteiger partial charge in [0.2, 0.25) is 0 Å². The van der Waals surface area contributed by atoms with E-state index in [1.807, 2.05) is 0 Å². The molecule has 1 aromatic heterocycles. The van der Waals surface area contributed by atoms with Gasteiger partial charge >= 0.3 is 0 Å². The smallest absolute Gasteiger partial charge is 0.264 e. The van der Waals surface area contributed by atoms with Crippen LogP contribution in [0.4, 0.5) is 8.78 Å². The molecule has 2 aromatic rings. The van der Waals surface area contributed by atoms with Gasteiger partial charge in [-0.1, -0.05) is 18.2 Å². The lowest BCUT2D eigenvalue weighted by Crippen LogP contribution is -2.30. The number of nitrogens with one attached hydrogen (secondary N) is 2. The predicted molar refractivity (Wildman–Crippen MR) is 95.4 cm³/mol. The second kappa shape index (κ2) is 9.30. The van der Waals surface area contributed by atoms with Gasteiger partial charge in [0, 0.05) is 24.7 Å². The summed E-state index contributed by atoms with van der Waals surface area (Å²) in [4.78, 5) is 23.5. The number of amides is 2. The fraction of sp³-hybridized carbons (Fsp3) is 0.176. The molecule has 5 nitrogen and oxygen atoms in total. The third-order valence-corrected chi connectivity index (χ3v) is 4.31. The minimum Gasteiger partial charge on any atom is -0.484 e. The average Bonchev–Trinajstić information content (AvgIpc) is 3.02. The number of carbonyl (C=O) groups is 2. The number of rotatable bonds is 8. The second-order valence-corrected chi connectivity index (χ2v) is 6.44. The van der Waals surface area contributed by atoms with E-state index >= 15 is 0 Å². The van der Waals surface area contributed by atoms with Crippen LogP contribution in [0.15, 0.2) is 41.9 Å². The normalized spacial score (nSPS) is 10.3. The van der Waals surface area contributed by atoms with Gasteiger partial charge in [0.05, 0.1) is 5.02 Å². The number of hydrogen-bond donors (Lipinski definition) is 2. The standard InChI is InChI=1S/C17H15ClF2N2O3S/c1-10(4-6-21-17(24)16-13(19)5-7-26-16)22-15(23)9-25-11-2-3-12(18)14(20)8-11/h2-3,5,7-8H,1,4,6,9H2,(H,21,24)(H,22,23). The summed E-state index contributed by atoms with van der Waals surface area (Å²) in [5, 5.41) is 6.47. The molecule has 2 amide bonds. The minimum atomic E-state index is -0.646. The molecule has 0 bridgehead atoms. The Bertz CT molecular complexity index is 826. The molecule has 138 valence electrons. The monoisotopic (exact) mass is 400 g/mol. The largest absolute Gasteiger partial charge is 0.484 e.